The van der Waals surface area contributed by atoms with Gasteiger partial charge in [0.05, 0.1) is 19.9 Å². The second-order valence-corrected chi connectivity index (χ2v) is 10.5. The maximum absolute atomic E-state index is 15.1. The summed E-state index contributed by atoms with van der Waals surface area (Å²) in [7, 11) is 1.59. The van der Waals surface area contributed by atoms with Gasteiger partial charge in [-0.2, -0.15) is 0 Å². The van der Waals surface area contributed by atoms with E-state index in [2.05, 4.69) is 28.3 Å². The summed E-state index contributed by atoms with van der Waals surface area (Å²) >= 11 is 0. The SMILES string of the molecule is CCOc1cc(F)c(CN2c3ccccc3C(c3ncc(OC)c(Nc4ccncc4C4CC4)n3)=CC2CC)c(F)c1. The normalized spacial score (nSPS) is 16.1. The van der Waals surface area contributed by atoms with E-state index in [4.69, 9.17) is 14.5 Å². The Bertz CT molecular complexity index is 1620. The average Bonchev–Trinajstić information content (AvgIpc) is 3.85. The molecule has 0 radical (unpaired) electrons. The number of anilines is 3. The van der Waals surface area contributed by atoms with Crippen molar-refractivity contribution < 1.29 is 18.3 Å². The molecule has 6 rings (SSSR count). The quantitative estimate of drug-likeness (QED) is 0.213. The number of hydrogen-bond acceptors (Lipinski definition) is 7. The van der Waals surface area contributed by atoms with Crippen molar-refractivity contribution in [1.82, 2.24) is 15.0 Å². The van der Waals surface area contributed by atoms with E-state index < -0.39 is 11.6 Å². The van der Waals surface area contributed by atoms with Crippen molar-refractivity contribution in [1.29, 1.82) is 0 Å². The van der Waals surface area contributed by atoms with Gasteiger partial charge in [0.25, 0.3) is 0 Å². The Hall–Kier alpha value is -4.53. The third-order valence-corrected chi connectivity index (χ3v) is 7.77. The van der Waals surface area contributed by atoms with Crippen LogP contribution in [0.2, 0.25) is 0 Å². The van der Waals surface area contributed by atoms with Gasteiger partial charge in [-0.15, -0.1) is 0 Å². The maximum atomic E-state index is 15.1. The fourth-order valence-electron chi connectivity index (χ4n) is 5.50. The number of methoxy groups -OCH3 is 1. The molecule has 0 saturated heterocycles. The van der Waals surface area contributed by atoms with Crippen molar-refractivity contribution in [3.63, 3.8) is 0 Å². The number of ether oxygens (including phenoxy) is 2. The molecule has 1 saturated carbocycles. The highest BCUT2D eigenvalue weighted by Crippen LogP contribution is 2.44. The molecule has 1 aliphatic carbocycles. The molecule has 1 unspecified atom stereocenters. The summed E-state index contributed by atoms with van der Waals surface area (Å²) in [6, 6.07) is 12.1. The third-order valence-electron chi connectivity index (χ3n) is 7.77. The van der Waals surface area contributed by atoms with E-state index in [1.807, 2.05) is 41.4 Å². The first-order valence-electron chi connectivity index (χ1n) is 14.3. The lowest BCUT2D eigenvalue weighted by atomic mass is 9.92. The van der Waals surface area contributed by atoms with E-state index >= 15 is 8.78 Å². The number of rotatable bonds is 10. The molecule has 0 spiro atoms. The maximum Gasteiger partial charge on any atom is 0.179 e. The highest BCUT2D eigenvalue weighted by atomic mass is 19.1. The molecule has 2 aromatic heterocycles. The van der Waals surface area contributed by atoms with Gasteiger partial charge >= 0.3 is 0 Å². The molecule has 42 heavy (non-hydrogen) atoms. The van der Waals surface area contributed by atoms with Crippen LogP contribution in [0.4, 0.5) is 26.0 Å². The molecular weight excluding hydrogens is 536 g/mol. The number of fused-ring (bicyclic) bond motifs is 1. The van der Waals surface area contributed by atoms with Gasteiger partial charge < -0.3 is 19.7 Å². The number of nitrogens with one attached hydrogen (secondary N) is 1. The van der Waals surface area contributed by atoms with Gasteiger partial charge in [0, 0.05) is 65.2 Å². The second kappa shape index (κ2) is 11.8. The smallest absolute Gasteiger partial charge is 0.179 e. The Morgan fingerprint density at radius 3 is 2.55 bits per heavy atom. The Kier molecular flexibility index (Phi) is 7.73. The van der Waals surface area contributed by atoms with Crippen LogP contribution >= 0.6 is 0 Å². The molecule has 9 heteroatoms. The van der Waals surface area contributed by atoms with Crippen LogP contribution in [0.1, 0.15) is 61.5 Å². The number of halogens is 2. The molecule has 2 aliphatic rings. The van der Waals surface area contributed by atoms with Crippen molar-refractivity contribution in [2.75, 3.05) is 23.9 Å². The summed E-state index contributed by atoms with van der Waals surface area (Å²) in [5.74, 6) is 1.04. The highest BCUT2D eigenvalue weighted by molar-refractivity contribution is 5.88. The van der Waals surface area contributed by atoms with E-state index in [9.17, 15) is 0 Å². The fraction of sp³-hybridized carbons (Fsp3) is 0.303. The summed E-state index contributed by atoms with van der Waals surface area (Å²) in [5, 5.41) is 3.46. The molecule has 2 aromatic carbocycles. The minimum atomic E-state index is -0.628. The summed E-state index contributed by atoms with van der Waals surface area (Å²) in [5.41, 5.74) is 4.70. The van der Waals surface area contributed by atoms with Crippen molar-refractivity contribution >= 4 is 22.8 Å². The minimum absolute atomic E-state index is 0.000410. The summed E-state index contributed by atoms with van der Waals surface area (Å²) in [4.78, 5) is 15.9. The van der Waals surface area contributed by atoms with Crippen LogP contribution in [0.15, 0.2) is 67.1 Å². The molecule has 3 heterocycles. The Labute approximate surface area is 244 Å². The number of hydrogen-bond donors (Lipinski definition) is 1. The summed E-state index contributed by atoms with van der Waals surface area (Å²) < 4.78 is 41.2. The van der Waals surface area contributed by atoms with E-state index in [-0.39, 0.29) is 23.9 Å². The standard InChI is InChI=1S/C33H33F2N5O2/c1-4-21-14-24(32-37-18-31(41-3)33(39-32)38-29-12-13-36-17-25(29)20-10-11-20)23-8-6-7-9-30(23)40(21)19-26-27(34)15-22(42-5-2)16-28(26)35/h6-9,12-18,20-21H,4-5,10-11,19H2,1-3H3,(H,36,37,38,39). The first-order valence-corrected chi connectivity index (χ1v) is 14.3. The van der Waals surface area contributed by atoms with Crippen LogP contribution in [-0.2, 0) is 6.54 Å². The molecule has 1 atom stereocenters. The number of nitrogens with zero attached hydrogens (tertiary/aromatic N) is 4. The summed E-state index contributed by atoms with van der Waals surface area (Å²) in [6.45, 7) is 4.22. The Morgan fingerprint density at radius 2 is 1.83 bits per heavy atom. The van der Waals surface area contributed by atoms with Gasteiger partial charge in [-0.1, -0.05) is 31.2 Å². The van der Waals surface area contributed by atoms with Gasteiger partial charge in [-0.3, -0.25) is 4.98 Å². The van der Waals surface area contributed by atoms with Gasteiger partial charge in [0.15, 0.2) is 17.4 Å². The second-order valence-electron chi connectivity index (χ2n) is 10.5. The molecular formula is C33H33F2N5O2. The van der Waals surface area contributed by atoms with E-state index in [0.717, 1.165) is 40.9 Å². The third kappa shape index (κ3) is 5.38. The number of aromatic nitrogens is 3. The van der Waals surface area contributed by atoms with Gasteiger partial charge in [0.1, 0.15) is 17.4 Å². The Morgan fingerprint density at radius 1 is 1.05 bits per heavy atom. The Balaban J connectivity index is 1.37. The molecule has 1 N–H and O–H groups in total. The van der Waals surface area contributed by atoms with E-state index in [0.29, 0.717) is 36.3 Å². The topological polar surface area (TPSA) is 72.4 Å². The molecule has 0 amide bonds. The van der Waals surface area contributed by atoms with Crippen LogP contribution in [0.3, 0.4) is 0 Å². The van der Waals surface area contributed by atoms with Crippen LogP contribution in [0, 0.1) is 11.6 Å². The average molecular weight is 570 g/mol. The molecule has 216 valence electrons. The molecule has 0 bridgehead atoms. The lowest BCUT2D eigenvalue weighted by Crippen LogP contribution is -2.37. The summed E-state index contributed by atoms with van der Waals surface area (Å²) in [6.07, 6.45) is 10.4. The predicted molar refractivity (Wildman–Crippen MR) is 159 cm³/mol. The van der Waals surface area contributed by atoms with E-state index in [1.54, 1.807) is 26.4 Å². The zero-order valence-electron chi connectivity index (χ0n) is 23.9. The number of pyridine rings is 1. The first-order chi connectivity index (χ1) is 20.5. The van der Waals surface area contributed by atoms with Crippen LogP contribution < -0.4 is 19.7 Å². The zero-order valence-corrected chi connectivity index (χ0v) is 23.9. The van der Waals surface area contributed by atoms with Crippen molar-refractivity contribution in [3.05, 3.63) is 101 Å². The molecule has 1 aliphatic heterocycles. The lowest BCUT2D eigenvalue weighted by molar-refractivity contribution is 0.335. The van der Waals surface area contributed by atoms with E-state index in [1.165, 1.54) is 12.1 Å². The molecule has 4 aromatic rings. The monoisotopic (exact) mass is 569 g/mol. The fourth-order valence-corrected chi connectivity index (χ4v) is 5.50. The van der Waals surface area contributed by atoms with Gasteiger partial charge in [-0.05, 0) is 49.8 Å². The van der Waals surface area contributed by atoms with Gasteiger partial charge in [0.2, 0.25) is 0 Å². The van der Waals surface area contributed by atoms with Crippen molar-refractivity contribution in [3.8, 4) is 11.5 Å². The van der Waals surface area contributed by atoms with Crippen LogP contribution in [-0.4, -0.2) is 34.7 Å². The van der Waals surface area contributed by atoms with Crippen LogP contribution in [0.25, 0.3) is 5.57 Å². The molecule has 1 fully saturated rings. The largest absolute Gasteiger partial charge is 0.494 e. The van der Waals surface area contributed by atoms with Crippen LogP contribution in [0.5, 0.6) is 11.5 Å². The highest BCUT2D eigenvalue weighted by Gasteiger charge is 2.30. The van der Waals surface area contributed by atoms with Crippen molar-refractivity contribution in [2.45, 2.75) is 51.6 Å². The van der Waals surface area contributed by atoms with Crippen molar-refractivity contribution in [2.24, 2.45) is 0 Å². The number of para-hydroxylation sites is 1. The lowest BCUT2D eigenvalue weighted by Gasteiger charge is -2.37. The first kappa shape index (κ1) is 27.6. The minimum Gasteiger partial charge on any atom is -0.494 e. The molecule has 7 nitrogen and oxygen atoms in total. The predicted octanol–water partition coefficient (Wildman–Crippen LogP) is 7.41. The zero-order chi connectivity index (χ0) is 29.2. The number of benzene rings is 2. The van der Waals surface area contributed by atoms with Gasteiger partial charge in [-0.25, -0.2) is 18.7 Å².